The Labute approximate surface area is 113 Å². The predicted molar refractivity (Wildman–Crippen MR) is 77.2 cm³/mol. The minimum Gasteiger partial charge on any atom is -0.348 e. The molecule has 0 radical (unpaired) electrons. The average Bonchev–Trinajstić information content (AvgIpc) is 2.99. The van der Waals surface area contributed by atoms with Crippen molar-refractivity contribution in [1.29, 1.82) is 0 Å². The summed E-state index contributed by atoms with van der Waals surface area (Å²) in [6.07, 6.45) is 8.53. The molecule has 3 rings (SSSR count). The maximum atomic E-state index is 3.60. The van der Waals surface area contributed by atoms with Crippen LogP contribution in [0.3, 0.4) is 0 Å². The van der Waals surface area contributed by atoms with E-state index in [0.717, 1.165) is 13.1 Å². The standard InChI is InChI=1S/C15H20N2S/c1-2-16-15-7-3-5-12-9-17(11-14(12)15)10-13-6-4-8-18-13/h4,6,8-9,11,15-16H,2-3,5,7,10H2,1H3. The number of fused-ring (bicyclic) bond motifs is 1. The maximum Gasteiger partial charge on any atom is 0.0563 e. The molecule has 0 fully saturated rings. The first-order valence-corrected chi connectivity index (χ1v) is 7.69. The zero-order chi connectivity index (χ0) is 12.4. The summed E-state index contributed by atoms with van der Waals surface area (Å²) < 4.78 is 2.35. The molecule has 2 nitrogen and oxygen atoms in total. The SMILES string of the molecule is CCNC1CCCc2cn(Cc3cccs3)cc21. The van der Waals surface area contributed by atoms with Crippen LogP contribution in [-0.2, 0) is 13.0 Å². The first kappa shape index (κ1) is 12.0. The maximum absolute atomic E-state index is 3.60. The third kappa shape index (κ3) is 2.38. The summed E-state index contributed by atoms with van der Waals surface area (Å²) in [5.41, 5.74) is 3.07. The summed E-state index contributed by atoms with van der Waals surface area (Å²) >= 11 is 1.84. The average molecular weight is 260 g/mol. The first-order valence-electron chi connectivity index (χ1n) is 6.81. The van der Waals surface area contributed by atoms with E-state index < -0.39 is 0 Å². The highest BCUT2D eigenvalue weighted by Gasteiger charge is 2.21. The van der Waals surface area contributed by atoms with Crippen LogP contribution < -0.4 is 5.32 Å². The lowest BCUT2D eigenvalue weighted by molar-refractivity contribution is 0.473. The predicted octanol–water partition coefficient (Wildman–Crippen LogP) is 3.58. The first-order chi connectivity index (χ1) is 8.86. The molecule has 18 heavy (non-hydrogen) atoms. The number of hydrogen-bond donors (Lipinski definition) is 1. The topological polar surface area (TPSA) is 17.0 Å². The van der Waals surface area contributed by atoms with E-state index in [1.165, 1.54) is 29.7 Å². The van der Waals surface area contributed by atoms with Gasteiger partial charge in [0.1, 0.15) is 0 Å². The normalized spacial score (nSPS) is 18.8. The number of thiophene rings is 1. The lowest BCUT2D eigenvalue weighted by atomic mass is 9.91. The van der Waals surface area contributed by atoms with Crippen molar-refractivity contribution >= 4 is 11.3 Å². The van der Waals surface area contributed by atoms with Crippen LogP contribution in [-0.4, -0.2) is 11.1 Å². The monoisotopic (exact) mass is 260 g/mol. The van der Waals surface area contributed by atoms with Crippen LogP contribution in [0.1, 0.15) is 41.8 Å². The van der Waals surface area contributed by atoms with Crippen LogP contribution in [0.5, 0.6) is 0 Å². The van der Waals surface area contributed by atoms with E-state index in [-0.39, 0.29) is 0 Å². The summed E-state index contributed by atoms with van der Waals surface area (Å²) in [4.78, 5) is 1.43. The summed E-state index contributed by atoms with van der Waals surface area (Å²) in [6.45, 7) is 4.26. The second kappa shape index (κ2) is 5.29. The second-order valence-electron chi connectivity index (χ2n) is 4.99. The van der Waals surface area contributed by atoms with Crippen LogP contribution in [0.2, 0.25) is 0 Å². The van der Waals surface area contributed by atoms with Crippen molar-refractivity contribution in [3.05, 3.63) is 45.9 Å². The number of nitrogens with one attached hydrogen (secondary N) is 1. The van der Waals surface area contributed by atoms with E-state index in [1.807, 2.05) is 11.3 Å². The number of aryl methyl sites for hydroxylation is 1. The number of aromatic nitrogens is 1. The van der Waals surface area contributed by atoms with Crippen LogP contribution in [0.25, 0.3) is 0 Å². The molecule has 0 aromatic carbocycles. The van der Waals surface area contributed by atoms with Gasteiger partial charge in [-0.2, -0.15) is 0 Å². The van der Waals surface area contributed by atoms with Crippen molar-refractivity contribution in [2.75, 3.05) is 6.54 Å². The van der Waals surface area contributed by atoms with Gasteiger partial charge in [0.05, 0.1) is 6.54 Å². The second-order valence-corrected chi connectivity index (χ2v) is 6.03. The van der Waals surface area contributed by atoms with E-state index in [1.54, 1.807) is 5.56 Å². The molecule has 2 aromatic heterocycles. The summed E-state index contributed by atoms with van der Waals surface area (Å²) in [5, 5.41) is 5.76. The van der Waals surface area contributed by atoms with Gasteiger partial charge in [0, 0.05) is 23.3 Å². The Morgan fingerprint density at radius 1 is 1.44 bits per heavy atom. The largest absolute Gasteiger partial charge is 0.348 e. The van der Waals surface area contributed by atoms with Gasteiger partial charge in [0.15, 0.2) is 0 Å². The summed E-state index contributed by atoms with van der Waals surface area (Å²) in [7, 11) is 0. The van der Waals surface area contributed by atoms with Gasteiger partial charge in [-0.25, -0.2) is 0 Å². The number of hydrogen-bond acceptors (Lipinski definition) is 2. The molecule has 2 heterocycles. The van der Waals surface area contributed by atoms with Gasteiger partial charge in [-0.15, -0.1) is 11.3 Å². The molecule has 0 spiro atoms. The summed E-state index contributed by atoms with van der Waals surface area (Å²) in [6, 6.07) is 4.92. The highest BCUT2D eigenvalue weighted by atomic mass is 32.1. The molecule has 1 atom stereocenters. The van der Waals surface area contributed by atoms with Crippen LogP contribution in [0, 0.1) is 0 Å². The molecule has 0 aliphatic heterocycles. The molecule has 1 aliphatic carbocycles. The molecule has 2 aromatic rings. The molecule has 96 valence electrons. The van der Waals surface area contributed by atoms with Crippen molar-refractivity contribution in [2.24, 2.45) is 0 Å². The molecule has 1 aliphatic rings. The molecule has 0 saturated carbocycles. The Morgan fingerprint density at radius 2 is 2.39 bits per heavy atom. The molecular formula is C15H20N2S. The molecule has 0 bridgehead atoms. The molecule has 1 N–H and O–H groups in total. The minimum absolute atomic E-state index is 0.573. The van der Waals surface area contributed by atoms with Crippen LogP contribution >= 0.6 is 11.3 Å². The van der Waals surface area contributed by atoms with Gasteiger partial charge in [-0.05, 0) is 48.4 Å². The molecule has 1 unspecified atom stereocenters. The van der Waals surface area contributed by atoms with Crippen LogP contribution in [0.15, 0.2) is 29.9 Å². The van der Waals surface area contributed by atoms with Crippen molar-refractivity contribution in [3.63, 3.8) is 0 Å². The van der Waals surface area contributed by atoms with Gasteiger partial charge in [-0.3, -0.25) is 0 Å². The van der Waals surface area contributed by atoms with Crippen molar-refractivity contribution in [3.8, 4) is 0 Å². The Bertz CT molecular complexity index is 499. The lowest BCUT2D eigenvalue weighted by Gasteiger charge is -2.22. The Morgan fingerprint density at radius 3 is 3.17 bits per heavy atom. The molecule has 0 amide bonds. The highest BCUT2D eigenvalue weighted by molar-refractivity contribution is 7.09. The van der Waals surface area contributed by atoms with E-state index in [2.05, 4.69) is 46.7 Å². The fraction of sp³-hybridized carbons (Fsp3) is 0.467. The van der Waals surface area contributed by atoms with Crippen molar-refractivity contribution in [1.82, 2.24) is 9.88 Å². The number of nitrogens with zero attached hydrogens (tertiary/aromatic N) is 1. The van der Waals surface area contributed by atoms with Gasteiger partial charge >= 0.3 is 0 Å². The fourth-order valence-electron chi connectivity index (χ4n) is 2.88. The van der Waals surface area contributed by atoms with Crippen molar-refractivity contribution in [2.45, 2.75) is 38.8 Å². The van der Waals surface area contributed by atoms with Gasteiger partial charge in [-0.1, -0.05) is 13.0 Å². The Balaban J connectivity index is 1.82. The zero-order valence-corrected chi connectivity index (χ0v) is 11.7. The highest BCUT2D eigenvalue weighted by Crippen LogP contribution is 2.30. The minimum atomic E-state index is 0.573. The third-order valence-corrected chi connectivity index (χ3v) is 4.54. The van der Waals surface area contributed by atoms with Gasteiger partial charge < -0.3 is 9.88 Å². The van der Waals surface area contributed by atoms with Crippen molar-refractivity contribution < 1.29 is 0 Å². The lowest BCUT2D eigenvalue weighted by Crippen LogP contribution is -2.23. The van der Waals surface area contributed by atoms with E-state index in [9.17, 15) is 0 Å². The summed E-state index contributed by atoms with van der Waals surface area (Å²) in [5.74, 6) is 0. The van der Waals surface area contributed by atoms with Gasteiger partial charge in [0.2, 0.25) is 0 Å². The van der Waals surface area contributed by atoms with E-state index >= 15 is 0 Å². The molecule has 0 saturated heterocycles. The smallest absolute Gasteiger partial charge is 0.0563 e. The molecular weight excluding hydrogens is 240 g/mol. The van der Waals surface area contributed by atoms with E-state index in [0.29, 0.717) is 6.04 Å². The number of rotatable bonds is 4. The third-order valence-electron chi connectivity index (χ3n) is 3.68. The van der Waals surface area contributed by atoms with Crippen LogP contribution in [0.4, 0.5) is 0 Å². The van der Waals surface area contributed by atoms with Gasteiger partial charge in [0.25, 0.3) is 0 Å². The Hall–Kier alpha value is -1.06. The Kier molecular flexibility index (Phi) is 3.52. The zero-order valence-electron chi connectivity index (χ0n) is 10.9. The molecule has 3 heteroatoms. The van der Waals surface area contributed by atoms with E-state index in [4.69, 9.17) is 0 Å². The quantitative estimate of drug-likeness (QED) is 0.889. The fourth-order valence-corrected chi connectivity index (χ4v) is 3.59.